The maximum absolute atomic E-state index is 13.0. The van der Waals surface area contributed by atoms with Crippen molar-refractivity contribution in [2.45, 2.75) is 23.5 Å². The van der Waals surface area contributed by atoms with Crippen molar-refractivity contribution in [1.82, 2.24) is 4.31 Å². The van der Waals surface area contributed by atoms with E-state index < -0.39 is 25.1 Å². The van der Waals surface area contributed by atoms with Crippen LogP contribution in [-0.4, -0.2) is 46.6 Å². The van der Waals surface area contributed by atoms with Crippen LogP contribution in [0.4, 0.5) is 0 Å². The molecule has 152 valence electrons. The Labute approximate surface area is 171 Å². The summed E-state index contributed by atoms with van der Waals surface area (Å²) in [4.78, 5) is 0.115. The topological polar surface area (TPSA) is 80.8 Å². The minimum atomic E-state index is -3.80. The van der Waals surface area contributed by atoms with E-state index in [4.69, 9.17) is 16.3 Å². The summed E-state index contributed by atoms with van der Waals surface area (Å²) in [5, 5.41) is -0.444. The van der Waals surface area contributed by atoms with Gasteiger partial charge in [-0.1, -0.05) is 29.8 Å². The van der Waals surface area contributed by atoms with Crippen LogP contribution in [0.2, 0.25) is 5.02 Å². The predicted octanol–water partition coefficient (Wildman–Crippen LogP) is 3.29. The van der Waals surface area contributed by atoms with Gasteiger partial charge in [0.15, 0.2) is 9.84 Å². The van der Waals surface area contributed by atoms with Gasteiger partial charge in [-0.3, -0.25) is 0 Å². The van der Waals surface area contributed by atoms with Crippen LogP contribution < -0.4 is 4.74 Å². The summed E-state index contributed by atoms with van der Waals surface area (Å²) in [6, 6.07) is 12.9. The average molecular weight is 444 g/mol. The van der Waals surface area contributed by atoms with Gasteiger partial charge in [0.1, 0.15) is 5.75 Å². The zero-order valence-electron chi connectivity index (χ0n) is 15.4. The summed E-state index contributed by atoms with van der Waals surface area (Å²) in [5.41, 5.74) is 0.518. The third kappa shape index (κ3) is 4.35. The molecule has 1 fully saturated rings. The first-order valence-corrected chi connectivity index (χ1v) is 12.5. The van der Waals surface area contributed by atoms with Crippen LogP contribution in [0.3, 0.4) is 0 Å². The number of hydrogen-bond donors (Lipinski definition) is 0. The molecule has 0 N–H and O–H groups in total. The van der Waals surface area contributed by atoms with Crippen LogP contribution in [0.1, 0.15) is 24.2 Å². The zero-order valence-corrected chi connectivity index (χ0v) is 17.8. The third-order valence-corrected chi connectivity index (χ3v) is 9.09. The molecule has 3 rings (SSSR count). The predicted molar refractivity (Wildman–Crippen MR) is 109 cm³/mol. The second-order valence-corrected chi connectivity index (χ2v) is 11.1. The lowest BCUT2D eigenvalue weighted by Gasteiger charge is -2.20. The average Bonchev–Trinajstić information content (AvgIpc) is 2.81. The van der Waals surface area contributed by atoms with Gasteiger partial charge >= 0.3 is 0 Å². The Morgan fingerprint density at radius 3 is 2.43 bits per heavy atom. The maximum atomic E-state index is 13.0. The minimum absolute atomic E-state index is 0.0845. The molecule has 0 radical (unpaired) electrons. The molecule has 1 aliphatic heterocycles. The highest BCUT2D eigenvalue weighted by Gasteiger charge is 2.36. The standard InChI is InChI=1S/C19H22ClNO5S2/c1-2-26-15-7-9-16(10-8-15)28(24,25)21-12-11-19(27(22,23)14-13-21)17-5-3-4-6-18(17)20/h3-10,19H,2,11-14H2,1H3. The fraction of sp³-hybridized carbons (Fsp3) is 0.368. The number of rotatable bonds is 5. The van der Waals surface area contributed by atoms with Crippen LogP contribution in [-0.2, 0) is 19.9 Å². The Bertz CT molecular complexity index is 1040. The maximum Gasteiger partial charge on any atom is 0.243 e. The highest BCUT2D eigenvalue weighted by atomic mass is 35.5. The van der Waals surface area contributed by atoms with Crippen LogP contribution in [0.5, 0.6) is 5.75 Å². The van der Waals surface area contributed by atoms with E-state index in [0.717, 1.165) is 0 Å². The fourth-order valence-corrected chi connectivity index (χ4v) is 6.99. The van der Waals surface area contributed by atoms with E-state index in [1.807, 2.05) is 6.92 Å². The number of nitrogens with zero attached hydrogens (tertiary/aromatic N) is 1. The molecule has 6 nitrogen and oxygen atoms in total. The van der Waals surface area contributed by atoms with Gasteiger partial charge in [-0.25, -0.2) is 16.8 Å². The molecule has 0 aliphatic carbocycles. The van der Waals surface area contributed by atoms with E-state index in [9.17, 15) is 16.8 Å². The van der Waals surface area contributed by atoms with Crippen molar-refractivity contribution in [2.24, 2.45) is 0 Å². The SMILES string of the molecule is CCOc1ccc(S(=O)(=O)N2CCC(c3ccccc3Cl)S(=O)(=O)CC2)cc1. The summed E-state index contributed by atoms with van der Waals surface area (Å²) in [5.74, 6) is 0.331. The lowest BCUT2D eigenvalue weighted by molar-refractivity contribution is 0.340. The second kappa shape index (κ2) is 8.41. The molecule has 2 aromatic rings. The minimum Gasteiger partial charge on any atom is -0.494 e. The van der Waals surface area contributed by atoms with E-state index in [-0.39, 0.29) is 30.2 Å². The normalized spacial score (nSPS) is 20.4. The summed E-state index contributed by atoms with van der Waals surface area (Å²) in [7, 11) is -7.34. The zero-order chi connectivity index (χ0) is 20.4. The molecule has 1 heterocycles. The summed E-state index contributed by atoms with van der Waals surface area (Å²) in [6.45, 7) is 2.35. The summed E-state index contributed by atoms with van der Waals surface area (Å²) >= 11 is 6.19. The highest BCUT2D eigenvalue weighted by Crippen LogP contribution is 2.35. The van der Waals surface area contributed by atoms with E-state index in [1.165, 1.54) is 16.4 Å². The van der Waals surface area contributed by atoms with E-state index >= 15 is 0 Å². The van der Waals surface area contributed by atoms with Crippen molar-refractivity contribution in [3.8, 4) is 5.75 Å². The summed E-state index contributed by atoms with van der Waals surface area (Å²) in [6.07, 6.45) is 0.155. The van der Waals surface area contributed by atoms with Crippen LogP contribution >= 0.6 is 11.6 Å². The second-order valence-electron chi connectivity index (χ2n) is 6.47. The van der Waals surface area contributed by atoms with Gasteiger partial charge < -0.3 is 4.74 Å². The molecule has 0 amide bonds. The van der Waals surface area contributed by atoms with E-state index in [0.29, 0.717) is 22.9 Å². The molecule has 1 atom stereocenters. The molecule has 1 aliphatic rings. The molecule has 1 saturated heterocycles. The molecular weight excluding hydrogens is 422 g/mol. The van der Waals surface area contributed by atoms with Crippen LogP contribution in [0.15, 0.2) is 53.4 Å². The smallest absolute Gasteiger partial charge is 0.243 e. The van der Waals surface area contributed by atoms with Crippen molar-refractivity contribution in [3.63, 3.8) is 0 Å². The number of sulfonamides is 1. The highest BCUT2D eigenvalue weighted by molar-refractivity contribution is 7.92. The van der Waals surface area contributed by atoms with Crippen LogP contribution in [0, 0.1) is 0 Å². The van der Waals surface area contributed by atoms with Crippen molar-refractivity contribution in [2.75, 3.05) is 25.4 Å². The molecular formula is C19H22ClNO5S2. The Kier molecular flexibility index (Phi) is 6.34. The molecule has 0 spiro atoms. The number of ether oxygens (including phenoxy) is 1. The first-order valence-electron chi connectivity index (χ1n) is 8.94. The van der Waals surface area contributed by atoms with Gasteiger partial charge in [0.05, 0.1) is 22.5 Å². The Balaban J connectivity index is 1.86. The van der Waals surface area contributed by atoms with Gasteiger partial charge in [-0.05, 0) is 49.2 Å². The van der Waals surface area contributed by atoms with E-state index in [2.05, 4.69) is 0 Å². The molecule has 1 unspecified atom stereocenters. The summed E-state index contributed by atoms with van der Waals surface area (Å²) < 4.78 is 58.1. The fourth-order valence-electron chi connectivity index (χ4n) is 3.27. The monoisotopic (exact) mass is 443 g/mol. The van der Waals surface area contributed by atoms with Crippen LogP contribution in [0.25, 0.3) is 0 Å². The van der Waals surface area contributed by atoms with Crippen molar-refractivity contribution >= 4 is 31.5 Å². The van der Waals surface area contributed by atoms with Gasteiger partial charge in [-0.15, -0.1) is 0 Å². The van der Waals surface area contributed by atoms with Crippen molar-refractivity contribution < 1.29 is 21.6 Å². The quantitative estimate of drug-likeness (QED) is 0.708. The molecule has 0 saturated carbocycles. The molecule has 0 bridgehead atoms. The Morgan fingerprint density at radius 2 is 1.79 bits per heavy atom. The van der Waals surface area contributed by atoms with Crippen molar-refractivity contribution in [1.29, 1.82) is 0 Å². The first-order chi connectivity index (χ1) is 13.3. The van der Waals surface area contributed by atoms with Gasteiger partial charge in [0.2, 0.25) is 10.0 Å². The first kappa shape index (κ1) is 21.1. The molecule has 2 aromatic carbocycles. The van der Waals surface area contributed by atoms with Crippen molar-refractivity contribution in [3.05, 3.63) is 59.1 Å². The number of hydrogen-bond acceptors (Lipinski definition) is 5. The number of benzene rings is 2. The van der Waals surface area contributed by atoms with Gasteiger partial charge in [0, 0.05) is 18.1 Å². The number of sulfone groups is 1. The lowest BCUT2D eigenvalue weighted by Crippen LogP contribution is -2.33. The lowest BCUT2D eigenvalue weighted by atomic mass is 10.1. The molecule has 0 aromatic heterocycles. The van der Waals surface area contributed by atoms with Gasteiger partial charge in [0.25, 0.3) is 0 Å². The van der Waals surface area contributed by atoms with E-state index in [1.54, 1.807) is 36.4 Å². The molecule has 9 heteroatoms. The largest absolute Gasteiger partial charge is 0.494 e. The molecule has 28 heavy (non-hydrogen) atoms. The Morgan fingerprint density at radius 1 is 1.11 bits per heavy atom. The van der Waals surface area contributed by atoms with Gasteiger partial charge in [-0.2, -0.15) is 4.31 Å². The Hall–Kier alpha value is -1.61. The number of halogens is 1. The third-order valence-electron chi connectivity index (χ3n) is 4.72.